The van der Waals surface area contributed by atoms with E-state index in [-0.39, 0.29) is 6.42 Å². The summed E-state index contributed by atoms with van der Waals surface area (Å²) in [5, 5.41) is 21.9. The number of aryl methyl sites for hydroxylation is 2. The lowest BCUT2D eigenvalue weighted by Gasteiger charge is -2.28. The number of aliphatic hydroxyl groups is 2. The van der Waals surface area contributed by atoms with Gasteiger partial charge < -0.3 is 19.7 Å². The van der Waals surface area contributed by atoms with Crippen LogP contribution in [0.4, 0.5) is 0 Å². The highest BCUT2D eigenvalue weighted by Gasteiger charge is 2.57. The fourth-order valence-corrected chi connectivity index (χ4v) is 3.58. The zero-order chi connectivity index (χ0) is 20.5. The molecule has 0 aliphatic carbocycles. The number of ketones is 2. The van der Waals surface area contributed by atoms with E-state index in [1.54, 1.807) is 62.4 Å². The lowest BCUT2D eigenvalue weighted by atomic mass is 9.81. The molecule has 2 N–H and O–H groups in total. The molecule has 1 unspecified atom stereocenters. The number of carbonyl (C=O) groups is 2. The van der Waals surface area contributed by atoms with Crippen LogP contribution in [0.2, 0.25) is 0 Å². The third kappa shape index (κ3) is 3.52. The molecule has 0 amide bonds. The molecule has 1 aliphatic heterocycles. The molecule has 28 heavy (non-hydrogen) atoms. The molecule has 6 heteroatoms. The van der Waals surface area contributed by atoms with Crippen molar-refractivity contribution in [1.82, 2.24) is 0 Å². The van der Waals surface area contributed by atoms with Gasteiger partial charge in [-0.3, -0.25) is 9.59 Å². The van der Waals surface area contributed by atoms with Gasteiger partial charge in [0.25, 0.3) is 0 Å². The number of aliphatic hydroxyl groups excluding tert-OH is 1. The van der Waals surface area contributed by atoms with Crippen LogP contribution in [0.1, 0.15) is 39.6 Å². The van der Waals surface area contributed by atoms with Crippen molar-refractivity contribution in [1.29, 1.82) is 0 Å². The first kappa shape index (κ1) is 20.4. The number of methoxy groups -OCH3 is 1. The van der Waals surface area contributed by atoms with Crippen LogP contribution in [0, 0.1) is 13.8 Å². The molecule has 1 aliphatic rings. The molecular weight excluding hydrogens is 360 g/mol. The van der Waals surface area contributed by atoms with Gasteiger partial charge in [-0.1, -0.05) is 48.5 Å². The molecule has 1 fully saturated rings. The minimum Gasteiger partial charge on any atom is -0.380 e. The summed E-state index contributed by atoms with van der Waals surface area (Å²) < 4.78 is 10.7. The maximum absolute atomic E-state index is 13.2. The van der Waals surface area contributed by atoms with Gasteiger partial charge in [0.1, 0.15) is 6.10 Å². The van der Waals surface area contributed by atoms with Crippen LogP contribution in [0.15, 0.2) is 48.5 Å². The van der Waals surface area contributed by atoms with Crippen LogP contribution in [0.3, 0.4) is 0 Å². The predicted molar refractivity (Wildman–Crippen MR) is 102 cm³/mol. The first-order valence-electron chi connectivity index (χ1n) is 9.08. The number of ether oxygens (including phenoxy) is 2. The fraction of sp³-hybridized carbons (Fsp3) is 0.364. The van der Waals surface area contributed by atoms with Gasteiger partial charge in [0.05, 0.1) is 0 Å². The Morgan fingerprint density at radius 3 is 2.32 bits per heavy atom. The van der Waals surface area contributed by atoms with E-state index in [4.69, 9.17) is 9.47 Å². The zero-order valence-electron chi connectivity index (χ0n) is 16.1. The number of hydrogen-bond donors (Lipinski definition) is 2. The van der Waals surface area contributed by atoms with E-state index in [1.807, 2.05) is 0 Å². The summed E-state index contributed by atoms with van der Waals surface area (Å²) in [5.74, 6) is -1.40. The highest BCUT2D eigenvalue weighted by Crippen LogP contribution is 2.37. The molecule has 2 aromatic carbocycles. The maximum atomic E-state index is 13.2. The van der Waals surface area contributed by atoms with Crippen LogP contribution in [0.25, 0.3) is 0 Å². The molecule has 3 rings (SSSR count). The van der Waals surface area contributed by atoms with E-state index in [2.05, 4.69) is 0 Å². The second kappa shape index (κ2) is 7.93. The van der Waals surface area contributed by atoms with Crippen LogP contribution < -0.4 is 0 Å². The van der Waals surface area contributed by atoms with Gasteiger partial charge in [0.2, 0.25) is 0 Å². The predicted octanol–water partition coefficient (Wildman–Crippen LogP) is 2.28. The van der Waals surface area contributed by atoms with Gasteiger partial charge in [-0.2, -0.15) is 0 Å². The molecule has 0 spiro atoms. The Balaban J connectivity index is 1.98. The van der Waals surface area contributed by atoms with Gasteiger partial charge >= 0.3 is 0 Å². The Hall–Kier alpha value is -2.38. The van der Waals surface area contributed by atoms with Crippen molar-refractivity contribution < 1.29 is 29.3 Å². The quantitative estimate of drug-likeness (QED) is 0.743. The van der Waals surface area contributed by atoms with Gasteiger partial charge in [0, 0.05) is 19.1 Å². The average Bonchev–Trinajstić information content (AvgIpc) is 3.05. The molecule has 6 nitrogen and oxygen atoms in total. The number of Topliss-reactive ketones (excluding diaryl/α,β-unsaturated/α-hetero) is 2. The second-order valence-electron chi connectivity index (χ2n) is 7.12. The van der Waals surface area contributed by atoms with E-state index in [0.29, 0.717) is 16.7 Å². The molecule has 148 valence electrons. The molecule has 0 radical (unpaired) electrons. The highest BCUT2D eigenvalue weighted by atomic mass is 16.7. The topological polar surface area (TPSA) is 93.1 Å². The van der Waals surface area contributed by atoms with Crippen molar-refractivity contribution in [2.75, 3.05) is 7.11 Å². The lowest BCUT2D eigenvalue weighted by molar-refractivity contribution is -0.159. The molecule has 1 saturated heterocycles. The van der Waals surface area contributed by atoms with Crippen molar-refractivity contribution >= 4 is 11.6 Å². The van der Waals surface area contributed by atoms with Gasteiger partial charge in [-0.25, -0.2) is 0 Å². The number of benzene rings is 2. The Kier molecular flexibility index (Phi) is 5.76. The van der Waals surface area contributed by atoms with E-state index in [1.165, 1.54) is 7.11 Å². The summed E-state index contributed by atoms with van der Waals surface area (Å²) in [7, 11) is 1.37. The van der Waals surface area contributed by atoms with Crippen molar-refractivity contribution in [3.05, 3.63) is 70.8 Å². The van der Waals surface area contributed by atoms with Gasteiger partial charge in [-0.15, -0.1) is 0 Å². The Labute approximate surface area is 163 Å². The summed E-state index contributed by atoms with van der Waals surface area (Å²) in [4.78, 5) is 26.2. The molecule has 0 bridgehead atoms. The molecular formula is C22H24O6. The van der Waals surface area contributed by atoms with E-state index >= 15 is 0 Å². The first-order valence-corrected chi connectivity index (χ1v) is 9.08. The standard InChI is InChI=1S/C22H24O6/c1-13-8-4-6-10-15(13)18(23)19(24)21-22(26,12-17(27-3)28-21)20(25)16-11-7-5-9-14(16)2/h4-11,17-18,21,23,26H,12H2,1-3H3/t17-,18?,21-,22-/m0/s1. The second-order valence-corrected chi connectivity index (χ2v) is 7.12. The van der Waals surface area contributed by atoms with Crippen molar-refractivity contribution in [2.45, 2.75) is 44.4 Å². The third-order valence-corrected chi connectivity index (χ3v) is 5.26. The molecule has 0 aromatic heterocycles. The fourth-order valence-electron chi connectivity index (χ4n) is 3.58. The number of hydrogen-bond acceptors (Lipinski definition) is 6. The minimum absolute atomic E-state index is 0.201. The molecule has 1 heterocycles. The molecule has 2 aromatic rings. The number of carbonyl (C=O) groups excluding carboxylic acids is 2. The van der Waals surface area contributed by atoms with E-state index < -0.39 is 35.7 Å². The normalized spacial score (nSPS) is 25.5. The SMILES string of the molecule is CO[C@@H]1C[C@](O)(C(=O)c2ccccc2C)[C@H](C(=O)C(O)c2ccccc2C)O1. The smallest absolute Gasteiger partial charge is 0.198 e. The van der Waals surface area contributed by atoms with Crippen molar-refractivity contribution in [3.63, 3.8) is 0 Å². The Morgan fingerprint density at radius 2 is 1.71 bits per heavy atom. The van der Waals surface area contributed by atoms with E-state index in [0.717, 1.165) is 5.56 Å². The zero-order valence-corrected chi connectivity index (χ0v) is 16.1. The highest BCUT2D eigenvalue weighted by molar-refractivity contribution is 6.08. The largest absolute Gasteiger partial charge is 0.380 e. The van der Waals surface area contributed by atoms with Gasteiger partial charge in [0.15, 0.2) is 29.6 Å². The van der Waals surface area contributed by atoms with Crippen LogP contribution in [-0.2, 0) is 14.3 Å². The monoisotopic (exact) mass is 384 g/mol. The minimum atomic E-state index is -2.13. The van der Waals surface area contributed by atoms with Crippen molar-refractivity contribution in [3.8, 4) is 0 Å². The van der Waals surface area contributed by atoms with Crippen molar-refractivity contribution in [2.24, 2.45) is 0 Å². The maximum Gasteiger partial charge on any atom is 0.198 e. The third-order valence-electron chi connectivity index (χ3n) is 5.26. The first-order chi connectivity index (χ1) is 13.3. The van der Waals surface area contributed by atoms with Crippen LogP contribution in [-0.4, -0.2) is 46.9 Å². The Morgan fingerprint density at radius 1 is 1.11 bits per heavy atom. The molecule has 0 saturated carbocycles. The summed E-state index contributed by atoms with van der Waals surface area (Å²) in [6.45, 7) is 3.52. The summed E-state index contributed by atoms with van der Waals surface area (Å²) >= 11 is 0. The summed E-state index contributed by atoms with van der Waals surface area (Å²) in [6.07, 6.45) is -4.21. The number of rotatable bonds is 6. The van der Waals surface area contributed by atoms with Crippen LogP contribution >= 0.6 is 0 Å². The molecule has 4 atom stereocenters. The summed E-state index contributed by atoms with van der Waals surface area (Å²) in [6, 6.07) is 13.7. The summed E-state index contributed by atoms with van der Waals surface area (Å²) in [5.41, 5.74) is -0.0323. The average molecular weight is 384 g/mol. The lowest BCUT2D eigenvalue weighted by Crippen LogP contribution is -2.51. The van der Waals surface area contributed by atoms with E-state index in [9.17, 15) is 19.8 Å². The Bertz CT molecular complexity index is 892. The van der Waals surface area contributed by atoms with Crippen LogP contribution in [0.5, 0.6) is 0 Å². The van der Waals surface area contributed by atoms with Gasteiger partial charge in [-0.05, 0) is 30.5 Å².